The number of methoxy groups -OCH3 is 1. The van der Waals surface area contributed by atoms with Gasteiger partial charge in [0.1, 0.15) is 34.9 Å². The Morgan fingerprint density at radius 3 is 2.53 bits per heavy atom. The van der Waals surface area contributed by atoms with Crippen molar-refractivity contribution in [1.82, 2.24) is 4.90 Å². The summed E-state index contributed by atoms with van der Waals surface area (Å²) in [6.45, 7) is 1.83. The molecule has 4 rings (SSSR count). The van der Waals surface area contributed by atoms with Crippen molar-refractivity contribution in [2.24, 2.45) is 0 Å². The fourth-order valence-electron chi connectivity index (χ4n) is 3.68. The number of esters is 1. The lowest BCUT2D eigenvalue weighted by molar-refractivity contribution is -0.139. The third-order valence-electron chi connectivity index (χ3n) is 5.49. The molecule has 36 heavy (non-hydrogen) atoms. The SMILES string of the molecule is COC(=O)Cc1cccc(Oc2ccc(Br)cc2CN2C(=O)O[C@H](Oc3cc(F)cc(F)c3)[C@H]2C)c1. The molecule has 0 aliphatic carbocycles. The molecule has 0 N–H and O–H groups in total. The number of halogens is 3. The van der Waals surface area contributed by atoms with E-state index < -0.39 is 30.1 Å². The van der Waals surface area contributed by atoms with Crippen molar-refractivity contribution in [2.45, 2.75) is 32.2 Å². The second kappa shape index (κ2) is 10.9. The molecular formula is C26H22BrF2NO6. The van der Waals surface area contributed by atoms with Crippen LogP contribution in [0.15, 0.2) is 65.1 Å². The van der Waals surface area contributed by atoms with Gasteiger partial charge in [-0.25, -0.2) is 13.6 Å². The van der Waals surface area contributed by atoms with Gasteiger partial charge in [0.2, 0.25) is 0 Å². The predicted molar refractivity (Wildman–Crippen MR) is 129 cm³/mol. The molecule has 2 atom stereocenters. The van der Waals surface area contributed by atoms with Crippen LogP contribution in [0.1, 0.15) is 18.1 Å². The van der Waals surface area contributed by atoms with Crippen LogP contribution in [-0.4, -0.2) is 36.4 Å². The normalized spacial score (nSPS) is 17.0. The van der Waals surface area contributed by atoms with E-state index in [0.717, 1.165) is 28.2 Å². The van der Waals surface area contributed by atoms with Crippen LogP contribution in [0.4, 0.5) is 13.6 Å². The van der Waals surface area contributed by atoms with Crippen molar-refractivity contribution < 1.29 is 37.3 Å². The Bertz CT molecular complexity index is 1270. The van der Waals surface area contributed by atoms with Gasteiger partial charge in [0.15, 0.2) is 0 Å². The molecule has 188 valence electrons. The topological polar surface area (TPSA) is 74.3 Å². The average Bonchev–Trinajstić information content (AvgIpc) is 3.07. The predicted octanol–water partition coefficient (Wildman–Crippen LogP) is 5.98. The molecule has 1 aliphatic heterocycles. The van der Waals surface area contributed by atoms with Crippen LogP contribution in [0.2, 0.25) is 0 Å². The van der Waals surface area contributed by atoms with Crippen LogP contribution >= 0.6 is 15.9 Å². The molecule has 1 fully saturated rings. The Morgan fingerprint density at radius 1 is 1.06 bits per heavy atom. The highest BCUT2D eigenvalue weighted by Crippen LogP contribution is 2.32. The summed E-state index contributed by atoms with van der Waals surface area (Å²) in [5.74, 6) is -1.06. The zero-order valence-corrected chi connectivity index (χ0v) is 21.0. The first kappa shape index (κ1) is 25.4. The summed E-state index contributed by atoms with van der Waals surface area (Å²) in [7, 11) is 1.33. The van der Waals surface area contributed by atoms with Crippen molar-refractivity contribution in [3.8, 4) is 17.2 Å². The van der Waals surface area contributed by atoms with Crippen molar-refractivity contribution in [3.05, 3.63) is 87.9 Å². The number of hydrogen-bond donors (Lipinski definition) is 0. The van der Waals surface area contributed by atoms with E-state index in [4.69, 9.17) is 18.9 Å². The fraction of sp³-hybridized carbons (Fsp3) is 0.231. The van der Waals surface area contributed by atoms with Gasteiger partial charge in [0.05, 0.1) is 20.1 Å². The number of ether oxygens (including phenoxy) is 4. The van der Waals surface area contributed by atoms with Crippen LogP contribution < -0.4 is 9.47 Å². The Hall–Kier alpha value is -3.66. The lowest BCUT2D eigenvalue weighted by atomic mass is 10.1. The van der Waals surface area contributed by atoms with Gasteiger partial charge >= 0.3 is 12.1 Å². The number of amides is 1. The molecule has 3 aromatic carbocycles. The van der Waals surface area contributed by atoms with Crippen molar-refractivity contribution in [1.29, 1.82) is 0 Å². The maximum atomic E-state index is 13.5. The number of rotatable bonds is 8. The van der Waals surface area contributed by atoms with E-state index in [1.54, 1.807) is 43.3 Å². The average molecular weight is 562 g/mol. The summed E-state index contributed by atoms with van der Waals surface area (Å²) in [4.78, 5) is 25.7. The molecule has 0 spiro atoms. The van der Waals surface area contributed by atoms with Crippen molar-refractivity contribution in [2.75, 3.05) is 7.11 Å². The summed E-state index contributed by atoms with van der Waals surface area (Å²) in [5.41, 5.74) is 1.40. The molecule has 1 saturated heterocycles. The van der Waals surface area contributed by atoms with E-state index in [2.05, 4.69) is 15.9 Å². The highest BCUT2D eigenvalue weighted by Gasteiger charge is 2.41. The highest BCUT2D eigenvalue weighted by atomic mass is 79.9. The second-order valence-electron chi connectivity index (χ2n) is 8.10. The van der Waals surface area contributed by atoms with Gasteiger partial charge in [0.25, 0.3) is 6.29 Å². The second-order valence-corrected chi connectivity index (χ2v) is 9.01. The number of hydrogen-bond acceptors (Lipinski definition) is 6. The molecule has 3 aromatic rings. The number of carbonyl (C=O) groups excluding carboxylic acids is 2. The van der Waals surface area contributed by atoms with Gasteiger partial charge in [0, 0.05) is 28.2 Å². The molecule has 0 saturated carbocycles. The first-order valence-corrected chi connectivity index (χ1v) is 11.7. The van der Waals surface area contributed by atoms with E-state index in [0.29, 0.717) is 17.1 Å². The molecule has 1 heterocycles. The molecule has 0 aromatic heterocycles. The number of carbonyl (C=O) groups is 2. The molecule has 7 nitrogen and oxygen atoms in total. The number of cyclic esters (lactones) is 1. The lowest BCUT2D eigenvalue weighted by Crippen LogP contribution is -2.36. The van der Waals surface area contributed by atoms with Crippen LogP contribution in [0, 0.1) is 11.6 Å². The Labute approximate surface area is 214 Å². The molecule has 10 heteroatoms. The van der Waals surface area contributed by atoms with Crippen molar-refractivity contribution in [3.63, 3.8) is 0 Å². The number of benzene rings is 3. The Morgan fingerprint density at radius 2 is 1.81 bits per heavy atom. The smallest absolute Gasteiger partial charge is 0.413 e. The lowest BCUT2D eigenvalue weighted by Gasteiger charge is -2.22. The van der Waals surface area contributed by atoms with Gasteiger partial charge in [-0.05, 0) is 42.8 Å². The Balaban J connectivity index is 1.51. The summed E-state index contributed by atoms with van der Waals surface area (Å²) < 4.78 is 49.5. The van der Waals surface area contributed by atoms with Crippen LogP contribution in [-0.2, 0) is 27.2 Å². The first-order chi connectivity index (χ1) is 17.2. The quantitative estimate of drug-likeness (QED) is 0.315. The fourth-order valence-corrected chi connectivity index (χ4v) is 4.09. The molecule has 0 unspecified atom stereocenters. The third-order valence-corrected chi connectivity index (χ3v) is 5.98. The molecule has 0 bridgehead atoms. The van der Waals surface area contributed by atoms with E-state index in [9.17, 15) is 18.4 Å². The standard InChI is InChI=1S/C26H22BrF2NO6/c1-15-25(35-22-12-19(28)11-20(29)13-22)36-26(32)30(15)14-17-10-18(27)6-7-23(17)34-21-5-3-4-16(8-21)9-24(31)33-2/h3-8,10-13,15,25H,9,14H2,1-2H3/t15-,25+/m1/s1. The van der Waals surface area contributed by atoms with Crippen LogP contribution in [0.5, 0.6) is 17.2 Å². The summed E-state index contributed by atoms with van der Waals surface area (Å²) in [6, 6.07) is 14.6. The minimum absolute atomic E-state index is 0.0858. The van der Waals surface area contributed by atoms with E-state index in [1.165, 1.54) is 12.0 Å². The van der Waals surface area contributed by atoms with E-state index in [1.807, 2.05) is 6.07 Å². The van der Waals surface area contributed by atoms with Gasteiger partial charge in [-0.1, -0.05) is 28.1 Å². The maximum absolute atomic E-state index is 13.5. The number of nitrogens with zero attached hydrogens (tertiary/aromatic N) is 1. The summed E-state index contributed by atoms with van der Waals surface area (Å²) >= 11 is 3.44. The minimum Gasteiger partial charge on any atom is -0.469 e. The zero-order chi connectivity index (χ0) is 25.8. The highest BCUT2D eigenvalue weighted by molar-refractivity contribution is 9.10. The molecule has 1 amide bonds. The monoisotopic (exact) mass is 561 g/mol. The van der Waals surface area contributed by atoms with Crippen LogP contribution in [0.3, 0.4) is 0 Å². The Kier molecular flexibility index (Phi) is 7.73. The molecule has 0 radical (unpaired) electrons. The molecular weight excluding hydrogens is 540 g/mol. The van der Waals surface area contributed by atoms with E-state index in [-0.39, 0.29) is 24.7 Å². The first-order valence-electron chi connectivity index (χ1n) is 10.9. The zero-order valence-electron chi connectivity index (χ0n) is 19.4. The van der Waals surface area contributed by atoms with E-state index >= 15 is 0 Å². The van der Waals surface area contributed by atoms with Crippen LogP contribution in [0.25, 0.3) is 0 Å². The third kappa shape index (κ3) is 6.12. The summed E-state index contributed by atoms with van der Waals surface area (Å²) in [6.07, 6.45) is -1.60. The minimum atomic E-state index is -1.06. The maximum Gasteiger partial charge on any atom is 0.413 e. The van der Waals surface area contributed by atoms with Gasteiger partial charge in [-0.15, -0.1) is 0 Å². The summed E-state index contributed by atoms with van der Waals surface area (Å²) in [5, 5.41) is 0. The van der Waals surface area contributed by atoms with Crippen molar-refractivity contribution >= 4 is 28.0 Å². The van der Waals surface area contributed by atoms with Gasteiger partial charge in [-0.2, -0.15) is 0 Å². The van der Waals surface area contributed by atoms with Gasteiger partial charge in [-0.3, -0.25) is 9.69 Å². The largest absolute Gasteiger partial charge is 0.469 e. The van der Waals surface area contributed by atoms with Gasteiger partial charge < -0.3 is 18.9 Å². The molecule has 1 aliphatic rings.